The average Bonchev–Trinajstić information content (AvgIpc) is 2.28. The van der Waals surface area contributed by atoms with Crippen molar-refractivity contribution in [2.24, 2.45) is 5.73 Å². The molecule has 12 heavy (non-hydrogen) atoms. The van der Waals surface area contributed by atoms with Crippen molar-refractivity contribution in [1.29, 1.82) is 0 Å². The predicted octanol–water partition coefficient (Wildman–Crippen LogP) is -0.989. The molecule has 0 aromatic carbocycles. The van der Waals surface area contributed by atoms with Gasteiger partial charge in [-0.25, -0.2) is 0 Å². The zero-order valence-corrected chi connectivity index (χ0v) is 6.58. The lowest BCUT2D eigenvalue weighted by Crippen LogP contribution is -2.32. The first-order valence-corrected chi connectivity index (χ1v) is 3.73. The number of rotatable bonds is 3. The van der Waals surface area contributed by atoms with E-state index in [0.29, 0.717) is 0 Å². The van der Waals surface area contributed by atoms with Crippen LogP contribution in [0.25, 0.3) is 0 Å². The quantitative estimate of drug-likeness (QED) is 0.552. The molecule has 0 atom stereocenters. The van der Waals surface area contributed by atoms with Crippen molar-refractivity contribution in [3.8, 4) is 0 Å². The summed E-state index contributed by atoms with van der Waals surface area (Å²) in [5.74, 6) is -0.912. The number of primary amides is 1. The van der Waals surface area contributed by atoms with E-state index < -0.39 is 5.91 Å². The molecule has 66 valence electrons. The molecule has 0 spiro atoms. The largest absolute Gasteiger partial charge is 0.370 e. The van der Waals surface area contributed by atoms with Crippen molar-refractivity contribution >= 4 is 17.7 Å². The summed E-state index contributed by atoms with van der Waals surface area (Å²) in [6, 6.07) is 0. The van der Waals surface area contributed by atoms with Gasteiger partial charge in [0.05, 0.1) is 0 Å². The Balaban J connectivity index is 2.45. The minimum atomic E-state index is -0.498. The molecule has 1 aliphatic heterocycles. The topological polar surface area (TPSA) is 80.5 Å². The van der Waals surface area contributed by atoms with Gasteiger partial charge in [-0.3, -0.25) is 19.3 Å². The first-order chi connectivity index (χ1) is 5.61. The van der Waals surface area contributed by atoms with Crippen LogP contribution >= 0.6 is 0 Å². The SMILES string of the molecule is NC(=O)CCN1C(=O)CCC1=O. The van der Waals surface area contributed by atoms with Crippen LogP contribution in [-0.2, 0) is 14.4 Å². The summed E-state index contributed by atoms with van der Waals surface area (Å²) < 4.78 is 0. The summed E-state index contributed by atoms with van der Waals surface area (Å²) in [6.45, 7) is 0.132. The number of amides is 3. The van der Waals surface area contributed by atoms with Crippen LogP contribution in [0.1, 0.15) is 19.3 Å². The second-order valence-corrected chi connectivity index (χ2v) is 2.66. The van der Waals surface area contributed by atoms with Crippen LogP contribution < -0.4 is 5.73 Å². The van der Waals surface area contributed by atoms with Crippen LogP contribution in [0.4, 0.5) is 0 Å². The number of carbonyl (C=O) groups is 3. The zero-order valence-electron chi connectivity index (χ0n) is 6.58. The molecule has 5 heteroatoms. The molecular formula is C7H10N2O3. The fraction of sp³-hybridized carbons (Fsp3) is 0.571. The molecule has 0 saturated carbocycles. The van der Waals surface area contributed by atoms with Crippen molar-refractivity contribution in [1.82, 2.24) is 4.90 Å². The number of nitrogens with zero attached hydrogens (tertiary/aromatic N) is 1. The highest BCUT2D eigenvalue weighted by atomic mass is 16.2. The Bertz CT molecular complexity index is 221. The van der Waals surface area contributed by atoms with Crippen LogP contribution in [0.15, 0.2) is 0 Å². The summed E-state index contributed by atoms with van der Waals surface area (Å²) in [6.07, 6.45) is 0.576. The second-order valence-electron chi connectivity index (χ2n) is 2.66. The maximum atomic E-state index is 11.0. The summed E-state index contributed by atoms with van der Waals surface area (Å²) in [5.41, 5.74) is 4.87. The van der Waals surface area contributed by atoms with E-state index in [1.54, 1.807) is 0 Å². The van der Waals surface area contributed by atoms with Gasteiger partial charge in [-0.15, -0.1) is 0 Å². The summed E-state index contributed by atoms with van der Waals surface area (Å²) in [7, 11) is 0. The number of hydrogen-bond acceptors (Lipinski definition) is 3. The van der Waals surface area contributed by atoms with E-state index >= 15 is 0 Å². The van der Waals surface area contributed by atoms with E-state index in [1.165, 1.54) is 0 Å². The first-order valence-electron chi connectivity index (χ1n) is 3.73. The van der Waals surface area contributed by atoms with Gasteiger partial charge < -0.3 is 5.73 Å². The summed E-state index contributed by atoms with van der Waals surface area (Å²) >= 11 is 0. The van der Waals surface area contributed by atoms with Gasteiger partial charge in [0, 0.05) is 25.8 Å². The van der Waals surface area contributed by atoms with Crippen LogP contribution in [0.5, 0.6) is 0 Å². The van der Waals surface area contributed by atoms with Gasteiger partial charge in [-0.2, -0.15) is 0 Å². The van der Waals surface area contributed by atoms with Crippen molar-refractivity contribution in [2.75, 3.05) is 6.54 Å². The standard InChI is InChI=1S/C7H10N2O3/c8-5(10)3-4-9-6(11)1-2-7(9)12/h1-4H2,(H2,8,10). The Morgan fingerprint density at radius 1 is 1.33 bits per heavy atom. The van der Waals surface area contributed by atoms with E-state index in [1.807, 2.05) is 0 Å². The van der Waals surface area contributed by atoms with E-state index in [-0.39, 0.29) is 37.6 Å². The minimum absolute atomic E-state index is 0.0531. The average molecular weight is 170 g/mol. The van der Waals surface area contributed by atoms with Crippen molar-refractivity contribution in [2.45, 2.75) is 19.3 Å². The molecule has 1 heterocycles. The van der Waals surface area contributed by atoms with Crippen molar-refractivity contribution < 1.29 is 14.4 Å². The Morgan fingerprint density at radius 3 is 2.25 bits per heavy atom. The zero-order chi connectivity index (χ0) is 9.14. The number of likely N-dealkylation sites (tertiary alicyclic amines) is 1. The molecule has 0 aromatic heterocycles. The predicted molar refractivity (Wildman–Crippen MR) is 39.8 cm³/mol. The molecule has 1 fully saturated rings. The first kappa shape index (κ1) is 8.70. The highest BCUT2D eigenvalue weighted by molar-refractivity contribution is 6.02. The van der Waals surface area contributed by atoms with Crippen LogP contribution in [-0.4, -0.2) is 29.2 Å². The fourth-order valence-corrected chi connectivity index (χ4v) is 1.09. The molecule has 1 rings (SSSR count). The normalized spacial score (nSPS) is 17.2. The van der Waals surface area contributed by atoms with Crippen LogP contribution in [0, 0.1) is 0 Å². The number of hydrogen-bond donors (Lipinski definition) is 1. The van der Waals surface area contributed by atoms with Gasteiger partial charge in [0.25, 0.3) is 0 Å². The third-order valence-corrected chi connectivity index (χ3v) is 1.74. The lowest BCUT2D eigenvalue weighted by molar-refractivity contribution is -0.138. The number of imide groups is 1. The molecule has 3 amide bonds. The van der Waals surface area contributed by atoms with Crippen LogP contribution in [0.2, 0.25) is 0 Å². The fourth-order valence-electron chi connectivity index (χ4n) is 1.09. The van der Waals surface area contributed by atoms with E-state index in [9.17, 15) is 14.4 Å². The lowest BCUT2D eigenvalue weighted by atomic mass is 10.4. The van der Waals surface area contributed by atoms with E-state index in [4.69, 9.17) is 5.73 Å². The third kappa shape index (κ3) is 1.81. The highest BCUT2D eigenvalue weighted by Crippen LogP contribution is 2.11. The molecule has 0 aromatic rings. The Kier molecular flexibility index (Phi) is 2.42. The van der Waals surface area contributed by atoms with Gasteiger partial charge in [0.1, 0.15) is 0 Å². The summed E-state index contributed by atoms with van der Waals surface area (Å²) in [4.78, 5) is 33.3. The number of carbonyl (C=O) groups excluding carboxylic acids is 3. The van der Waals surface area contributed by atoms with Crippen molar-refractivity contribution in [3.63, 3.8) is 0 Å². The Hall–Kier alpha value is -1.39. The Labute approximate surface area is 69.5 Å². The monoisotopic (exact) mass is 170 g/mol. The Morgan fingerprint density at radius 2 is 1.83 bits per heavy atom. The van der Waals surface area contributed by atoms with Gasteiger partial charge in [-0.1, -0.05) is 0 Å². The molecule has 1 aliphatic rings. The molecule has 0 aliphatic carbocycles. The lowest BCUT2D eigenvalue weighted by Gasteiger charge is -2.11. The van der Waals surface area contributed by atoms with Gasteiger partial charge in [0.15, 0.2) is 0 Å². The van der Waals surface area contributed by atoms with Crippen LogP contribution in [0.3, 0.4) is 0 Å². The maximum Gasteiger partial charge on any atom is 0.229 e. The molecule has 0 radical (unpaired) electrons. The third-order valence-electron chi connectivity index (χ3n) is 1.74. The highest BCUT2D eigenvalue weighted by Gasteiger charge is 2.28. The smallest absolute Gasteiger partial charge is 0.229 e. The molecule has 0 bridgehead atoms. The van der Waals surface area contributed by atoms with Crippen molar-refractivity contribution in [3.05, 3.63) is 0 Å². The van der Waals surface area contributed by atoms with E-state index in [2.05, 4.69) is 0 Å². The molecule has 5 nitrogen and oxygen atoms in total. The van der Waals surface area contributed by atoms with Gasteiger partial charge in [-0.05, 0) is 0 Å². The molecule has 1 saturated heterocycles. The molecular weight excluding hydrogens is 160 g/mol. The van der Waals surface area contributed by atoms with Gasteiger partial charge >= 0.3 is 0 Å². The minimum Gasteiger partial charge on any atom is -0.370 e. The molecule has 2 N–H and O–H groups in total. The number of nitrogens with two attached hydrogens (primary N) is 1. The molecule has 0 unspecified atom stereocenters. The second kappa shape index (κ2) is 3.34. The van der Waals surface area contributed by atoms with E-state index in [0.717, 1.165) is 4.90 Å². The maximum absolute atomic E-state index is 11.0. The summed E-state index contributed by atoms with van der Waals surface area (Å²) in [5, 5.41) is 0. The van der Waals surface area contributed by atoms with Gasteiger partial charge in [0.2, 0.25) is 17.7 Å².